The first-order valence-corrected chi connectivity index (χ1v) is 10.3. The van der Waals surface area contributed by atoms with Crippen molar-refractivity contribution in [2.75, 3.05) is 31.6 Å². The summed E-state index contributed by atoms with van der Waals surface area (Å²) in [6.07, 6.45) is 1.80. The average Bonchev–Trinajstić information content (AvgIpc) is 3.16. The molecule has 0 spiro atoms. The van der Waals surface area contributed by atoms with Gasteiger partial charge in [-0.2, -0.15) is 0 Å². The van der Waals surface area contributed by atoms with Crippen molar-refractivity contribution in [1.29, 1.82) is 0 Å². The van der Waals surface area contributed by atoms with Gasteiger partial charge in [-0.05, 0) is 57.1 Å². The number of hydrogen-bond donors (Lipinski definition) is 3. The summed E-state index contributed by atoms with van der Waals surface area (Å²) in [6, 6.07) is 5.88. The largest absolute Gasteiger partial charge is 0.358 e. The van der Waals surface area contributed by atoms with Crippen LogP contribution in [0.1, 0.15) is 52.3 Å². The van der Waals surface area contributed by atoms with Gasteiger partial charge in [0.05, 0.1) is 17.7 Å². The lowest BCUT2D eigenvalue weighted by molar-refractivity contribution is -0.110. The number of nitrogens with zero attached hydrogens (tertiary/aromatic N) is 1. The summed E-state index contributed by atoms with van der Waals surface area (Å²) in [4.78, 5) is 35.9. The van der Waals surface area contributed by atoms with Gasteiger partial charge in [-0.1, -0.05) is 26.0 Å². The number of rotatable bonds is 8. The summed E-state index contributed by atoms with van der Waals surface area (Å²) >= 11 is 0. The Balaban J connectivity index is 1.76. The maximum atomic E-state index is 12.7. The second-order valence-corrected chi connectivity index (χ2v) is 7.53. The minimum Gasteiger partial charge on any atom is -0.358 e. The molecular weight excluding hydrogens is 380 g/mol. The zero-order valence-corrected chi connectivity index (χ0v) is 18.3. The third-order valence-corrected chi connectivity index (χ3v) is 5.52. The van der Waals surface area contributed by atoms with Crippen molar-refractivity contribution >= 4 is 29.2 Å². The fourth-order valence-electron chi connectivity index (χ4n) is 3.74. The van der Waals surface area contributed by atoms with Crippen LogP contribution < -0.4 is 10.8 Å². The molecule has 160 valence electrons. The smallest absolute Gasteiger partial charge is 0.276 e. The second kappa shape index (κ2) is 9.28. The van der Waals surface area contributed by atoms with E-state index in [9.17, 15) is 9.59 Å². The Morgan fingerprint density at radius 1 is 1.20 bits per heavy atom. The molecule has 0 aliphatic carbocycles. The van der Waals surface area contributed by atoms with Crippen LogP contribution in [-0.2, 0) is 9.63 Å². The Hall–Kier alpha value is -2.90. The number of anilines is 1. The van der Waals surface area contributed by atoms with E-state index in [1.54, 1.807) is 6.08 Å². The van der Waals surface area contributed by atoms with Gasteiger partial charge < -0.3 is 15.2 Å². The van der Waals surface area contributed by atoms with E-state index >= 15 is 0 Å². The van der Waals surface area contributed by atoms with Crippen molar-refractivity contribution in [3.8, 4) is 0 Å². The highest BCUT2D eigenvalue weighted by Gasteiger charge is 2.25. The first-order valence-electron chi connectivity index (χ1n) is 10.3. The Morgan fingerprint density at radius 3 is 2.63 bits per heavy atom. The number of nitrogens with one attached hydrogen (secondary N) is 3. The van der Waals surface area contributed by atoms with Gasteiger partial charge in [-0.3, -0.25) is 14.4 Å². The van der Waals surface area contributed by atoms with Gasteiger partial charge in [0.15, 0.2) is 0 Å². The lowest BCUT2D eigenvalue weighted by Crippen LogP contribution is -2.31. The number of carbonyl (C=O) groups is 2. The van der Waals surface area contributed by atoms with Crippen molar-refractivity contribution in [1.82, 2.24) is 15.4 Å². The number of benzene rings is 1. The molecule has 1 aliphatic heterocycles. The standard InChI is InChI=1S/C23H30N4O3/c1-6-27(7-2)10-11-30-26-23(29)21-15(4)19(24-16(21)5)13-18-17-9-8-14(3)12-20(17)25-22(18)28/h8-9,12-13,24H,6-7,10-11H2,1-5H3,(H,25,28)(H,26,29)/b18-13-. The third kappa shape index (κ3) is 4.47. The molecule has 7 nitrogen and oxygen atoms in total. The van der Waals surface area contributed by atoms with E-state index in [2.05, 4.69) is 34.5 Å². The first kappa shape index (κ1) is 21.8. The van der Waals surface area contributed by atoms with Gasteiger partial charge in [0, 0.05) is 29.2 Å². The van der Waals surface area contributed by atoms with E-state index in [0.29, 0.717) is 17.7 Å². The van der Waals surface area contributed by atoms with Crippen molar-refractivity contribution in [2.45, 2.75) is 34.6 Å². The lowest BCUT2D eigenvalue weighted by atomic mass is 10.0. The molecule has 7 heteroatoms. The molecule has 1 aliphatic rings. The molecule has 1 aromatic carbocycles. The van der Waals surface area contributed by atoms with Crippen molar-refractivity contribution in [3.63, 3.8) is 0 Å². The summed E-state index contributed by atoms with van der Waals surface area (Å²) in [5.41, 5.74) is 8.65. The van der Waals surface area contributed by atoms with Gasteiger partial charge in [0.25, 0.3) is 11.8 Å². The number of hydroxylamine groups is 1. The molecule has 2 aromatic rings. The highest BCUT2D eigenvalue weighted by molar-refractivity contribution is 6.35. The molecule has 1 aromatic heterocycles. The molecule has 2 amide bonds. The number of H-pyrrole nitrogens is 1. The van der Waals surface area contributed by atoms with E-state index in [4.69, 9.17) is 4.84 Å². The van der Waals surface area contributed by atoms with Crippen LogP contribution in [-0.4, -0.2) is 47.9 Å². The Kier molecular flexibility index (Phi) is 6.74. The highest BCUT2D eigenvalue weighted by Crippen LogP contribution is 2.34. The van der Waals surface area contributed by atoms with Crippen LogP contribution in [0.3, 0.4) is 0 Å². The third-order valence-electron chi connectivity index (χ3n) is 5.52. The summed E-state index contributed by atoms with van der Waals surface area (Å²) in [5.74, 6) is -0.440. The summed E-state index contributed by atoms with van der Waals surface area (Å²) < 4.78 is 0. The molecule has 0 fully saturated rings. The van der Waals surface area contributed by atoms with Crippen LogP contribution in [0.2, 0.25) is 0 Å². The fourth-order valence-corrected chi connectivity index (χ4v) is 3.74. The van der Waals surface area contributed by atoms with Crippen LogP contribution in [0.25, 0.3) is 11.6 Å². The van der Waals surface area contributed by atoms with Crippen molar-refractivity contribution in [2.24, 2.45) is 0 Å². The number of fused-ring (bicyclic) bond motifs is 1. The van der Waals surface area contributed by atoms with E-state index < -0.39 is 0 Å². The van der Waals surface area contributed by atoms with Crippen LogP contribution in [0.15, 0.2) is 18.2 Å². The second-order valence-electron chi connectivity index (χ2n) is 7.53. The molecule has 30 heavy (non-hydrogen) atoms. The van der Waals surface area contributed by atoms with Gasteiger partial charge in [-0.15, -0.1) is 0 Å². The quantitative estimate of drug-likeness (QED) is 0.354. The van der Waals surface area contributed by atoms with E-state index in [0.717, 1.165) is 53.4 Å². The van der Waals surface area contributed by atoms with E-state index in [-0.39, 0.29) is 11.8 Å². The number of aryl methyl sites for hydroxylation is 2. The maximum Gasteiger partial charge on any atom is 0.276 e. The molecule has 2 heterocycles. The number of aromatic nitrogens is 1. The number of carbonyl (C=O) groups excluding carboxylic acids is 2. The number of likely N-dealkylation sites (N-methyl/N-ethyl adjacent to an activating group) is 1. The Morgan fingerprint density at radius 2 is 1.93 bits per heavy atom. The normalized spacial score (nSPS) is 14.3. The van der Waals surface area contributed by atoms with Gasteiger partial charge in [0.2, 0.25) is 0 Å². The predicted molar refractivity (Wildman–Crippen MR) is 119 cm³/mol. The summed E-state index contributed by atoms with van der Waals surface area (Å²) in [5, 5.41) is 2.90. The Labute approximate surface area is 177 Å². The molecule has 0 radical (unpaired) electrons. The zero-order valence-electron chi connectivity index (χ0n) is 18.3. The molecule has 0 bridgehead atoms. The molecular formula is C23H30N4O3. The number of hydrogen-bond acceptors (Lipinski definition) is 4. The molecule has 0 saturated carbocycles. The number of aromatic amines is 1. The highest BCUT2D eigenvalue weighted by atomic mass is 16.6. The predicted octanol–water partition coefficient (Wildman–Crippen LogP) is 3.44. The average molecular weight is 411 g/mol. The fraction of sp³-hybridized carbons (Fsp3) is 0.391. The Bertz CT molecular complexity index is 987. The van der Waals surface area contributed by atoms with Crippen molar-refractivity contribution < 1.29 is 14.4 Å². The van der Waals surface area contributed by atoms with Gasteiger partial charge >= 0.3 is 0 Å². The lowest BCUT2D eigenvalue weighted by Gasteiger charge is -2.17. The first-order chi connectivity index (χ1) is 14.3. The molecule has 0 unspecified atom stereocenters. The van der Waals surface area contributed by atoms with Crippen molar-refractivity contribution in [3.05, 3.63) is 51.8 Å². The minimum atomic E-state index is -0.294. The van der Waals surface area contributed by atoms with Crippen LogP contribution in [0, 0.1) is 20.8 Å². The van der Waals surface area contributed by atoms with E-state index in [1.807, 2.05) is 39.0 Å². The summed E-state index contributed by atoms with van der Waals surface area (Å²) in [6.45, 7) is 12.9. The molecule has 0 saturated heterocycles. The van der Waals surface area contributed by atoms with Gasteiger partial charge in [0.1, 0.15) is 0 Å². The number of amides is 2. The zero-order chi connectivity index (χ0) is 21.8. The molecule has 0 atom stereocenters. The molecule has 3 rings (SSSR count). The van der Waals surface area contributed by atoms with Crippen LogP contribution >= 0.6 is 0 Å². The minimum absolute atomic E-state index is 0.145. The summed E-state index contributed by atoms with van der Waals surface area (Å²) in [7, 11) is 0. The monoisotopic (exact) mass is 410 g/mol. The SMILES string of the molecule is CCN(CC)CCONC(=O)c1c(C)[nH]c(/C=C2\C(=O)Nc3cc(C)ccc32)c1C. The van der Waals surface area contributed by atoms with Crippen LogP contribution in [0.5, 0.6) is 0 Å². The van der Waals surface area contributed by atoms with Gasteiger partial charge in [-0.25, -0.2) is 5.48 Å². The molecule has 3 N–H and O–H groups in total. The van der Waals surface area contributed by atoms with Crippen LogP contribution in [0.4, 0.5) is 5.69 Å². The topological polar surface area (TPSA) is 86.5 Å². The van der Waals surface area contributed by atoms with E-state index in [1.165, 1.54) is 0 Å². The maximum absolute atomic E-state index is 12.7.